The summed E-state index contributed by atoms with van der Waals surface area (Å²) in [7, 11) is 0. The first-order valence-corrected chi connectivity index (χ1v) is 13.8. The van der Waals surface area contributed by atoms with Crippen LogP contribution in [0.25, 0.3) is 0 Å². The van der Waals surface area contributed by atoms with Crippen LogP contribution in [0.2, 0.25) is 0 Å². The summed E-state index contributed by atoms with van der Waals surface area (Å²) in [6.45, 7) is 20.7. The van der Waals surface area contributed by atoms with Crippen molar-refractivity contribution in [3.8, 4) is 0 Å². The summed E-state index contributed by atoms with van der Waals surface area (Å²) in [6, 6.07) is 0. The van der Waals surface area contributed by atoms with Crippen LogP contribution in [-0.4, -0.2) is 33.6 Å². The quantitative estimate of drug-likeness (QED) is 0.425. The van der Waals surface area contributed by atoms with Gasteiger partial charge in [0.15, 0.2) is 0 Å². The van der Waals surface area contributed by atoms with E-state index in [0.29, 0.717) is 29.6 Å². The van der Waals surface area contributed by atoms with Gasteiger partial charge in [0.1, 0.15) is 0 Å². The third kappa shape index (κ3) is 2.74. The molecule has 0 aromatic rings. The van der Waals surface area contributed by atoms with Crippen LogP contribution in [0.1, 0.15) is 99.8 Å². The van der Waals surface area contributed by atoms with Gasteiger partial charge in [0.25, 0.3) is 0 Å². The van der Waals surface area contributed by atoms with Crippen molar-refractivity contribution in [3.63, 3.8) is 0 Å². The molecule has 0 saturated heterocycles. The fourth-order valence-electron chi connectivity index (χ4n) is 11.5. The summed E-state index contributed by atoms with van der Waals surface area (Å²) in [5, 5.41) is 34.9. The smallest absolute Gasteiger partial charge is 0.0608 e. The molecule has 188 valence electrons. The average molecular weight is 459 g/mol. The number of aliphatic hydroxyl groups excluding tert-OH is 3. The predicted molar refractivity (Wildman–Crippen MR) is 133 cm³/mol. The van der Waals surface area contributed by atoms with Gasteiger partial charge in [-0.25, -0.2) is 0 Å². The Morgan fingerprint density at radius 2 is 1.42 bits per heavy atom. The maximum Gasteiger partial charge on any atom is 0.0608 e. The normalized spacial score (nSPS) is 59.7. The van der Waals surface area contributed by atoms with Crippen LogP contribution in [0.5, 0.6) is 0 Å². The number of fused-ring (bicyclic) bond motifs is 7. The zero-order chi connectivity index (χ0) is 24.4. The Bertz CT molecular complexity index is 834. The fraction of sp³-hybridized carbons (Fsp3) is 0.933. The summed E-state index contributed by atoms with van der Waals surface area (Å²) in [4.78, 5) is 0. The minimum Gasteiger partial charge on any atom is -0.393 e. The highest BCUT2D eigenvalue weighted by Gasteiger charge is 2.74. The van der Waals surface area contributed by atoms with E-state index in [-0.39, 0.29) is 39.3 Å². The molecule has 0 radical (unpaired) electrons. The summed E-state index contributed by atoms with van der Waals surface area (Å²) in [5.74, 6) is 2.20. The van der Waals surface area contributed by atoms with E-state index in [1.807, 2.05) is 0 Å². The van der Waals surface area contributed by atoms with Gasteiger partial charge in [-0.05, 0) is 104 Å². The summed E-state index contributed by atoms with van der Waals surface area (Å²) >= 11 is 0. The fourth-order valence-corrected chi connectivity index (χ4v) is 11.5. The molecule has 33 heavy (non-hydrogen) atoms. The van der Waals surface area contributed by atoms with Crippen molar-refractivity contribution in [2.45, 2.75) is 118 Å². The lowest BCUT2D eigenvalue weighted by molar-refractivity contribution is -0.305. The van der Waals surface area contributed by atoms with Gasteiger partial charge in [-0.2, -0.15) is 0 Å². The maximum absolute atomic E-state index is 12.0. The monoisotopic (exact) mass is 458 g/mol. The molecule has 3 nitrogen and oxygen atoms in total. The van der Waals surface area contributed by atoms with E-state index >= 15 is 0 Å². The minimum atomic E-state index is -0.443. The molecule has 5 aliphatic rings. The average Bonchev–Trinajstić information content (AvgIpc) is 3.06. The molecule has 12 atom stereocenters. The van der Waals surface area contributed by atoms with Crippen molar-refractivity contribution >= 4 is 0 Å². The number of aliphatic hydroxyl groups is 3. The Morgan fingerprint density at radius 3 is 2.06 bits per heavy atom. The first-order chi connectivity index (χ1) is 15.2. The molecule has 0 aliphatic heterocycles. The summed E-state index contributed by atoms with van der Waals surface area (Å²) in [5.41, 5.74) is 0.782. The summed E-state index contributed by atoms with van der Waals surface area (Å²) in [6.07, 6.45) is 7.03. The van der Waals surface area contributed by atoms with Gasteiger partial charge < -0.3 is 15.3 Å². The molecule has 0 bridgehead atoms. The molecule has 0 aromatic heterocycles. The van der Waals surface area contributed by atoms with Crippen LogP contribution >= 0.6 is 0 Å². The van der Waals surface area contributed by atoms with E-state index in [9.17, 15) is 15.3 Å². The molecule has 3 N–H and O–H groups in total. The van der Waals surface area contributed by atoms with Crippen LogP contribution in [0.4, 0.5) is 0 Å². The maximum atomic E-state index is 12.0. The molecule has 0 spiro atoms. The topological polar surface area (TPSA) is 60.7 Å². The first kappa shape index (κ1) is 24.3. The number of allylic oxidation sites excluding steroid dienone is 1. The lowest BCUT2D eigenvalue weighted by atomic mass is 9.31. The predicted octanol–water partition coefficient (Wildman–Crippen LogP) is 5.97. The highest BCUT2D eigenvalue weighted by molar-refractivity contribution is 5.24. The van der Waals surface area contributed by atoms with Crippen LogP contribution in [0.3, 0.4) is 0 Å². The second kappa shape index (κ2) is 7.10. The van der Waals surface area contributed by atoms with Crippen molar-refractivity contribution in [2.75, 3.05) is 0 Å². The second-order valence-corrected chi connectivity index (χ2v) is 14.9. The molecular weight excluding hydrogens is 408 g/mol. The van der Waals surface area contributed by atoms with Gasteiger partial charge >= 0.3 is 0 Å². The summed E-state index contributed by atoms with van der Waals surface area (Å²) < 4.78 is 0. The SMILES string of the molecule is C=C(C)[C@@H]1CC[C@]2(C)C[C@H](O)[C@]3(C)[C@H](CC[C@@H]4[C@@]5(C)CC[C@H](O)C(C)(C)[C@@H]5C[C@H](O)[C@]43C)[C@@H]12. The van der Waals surface area contributed by atoms with Crippen LogP contribution in [0, 0.1) is 56.7 Å². The number of hydrogen-bond donors (Lipinski definition) is 3. The number of rotatable bonds is 1. The Labute approximate surface area is 202 Å². The van der Waals surface area contributed by atoms with E-state index in [1.54, 1.807) is 0 Å². The second-order valence-electron chi connectivity index (χ2n) is 14.9. The lowest BCUT2D eigenvalue weighted by Gasteiger charge is -2.74. The molecule has 0 heterocycles. The Balaban J connectivity index is 1.62. The standard InChI is InChI=1S/C30H50O3/c1-17(2)18-11-13-27(5)16-24(33)29(7)19(25(18)27)9-10-20-28(6)14-12-22(31)26(3,4)21(28)15-23(32)30(20,29)8/h18-25,31-33H,1,9-16H2,2-8H3/t18-,19+,20+,21-,22-,23-,24-,25+,27+,28+,29-,30-/m0/s1. The van der Waals surface area contributed by atoms with Crippen LogP contribution in [0.15, 0.2) is 12.2 Å². The van der Waals surface area contributed by atoms with E-state index in [2.05, 4.69) is 55.0 Å². The first-order valence-electron chi connectivity index (χ1n) is 13.8. The molecule has 0 aromatic carbocycles. The third-order valence-corrected chi connectivity index (χ3v) is 13.6. The molecule has 3 heteroatoms. The van der Waals surface area contributed by atoms with Crippen molar-refractivity contribution in [2.24, 2.45) is 56.7 Å². The molecule has 0 amide bonds. The van der Waals surface area contributed by atoms with Gasteiger partial charge in [0.2, 0.25) is 0 Å². The Morgan fingerprint density at radius 1 is 0.758 bits per heavy atom. The van der Waals surface area contributed by atoms with Crippen LogP contribution < -0.4 is 0 Å². The van der Waals surface area contributed by atoms with Gasteiger partial charge in [-0.1, -0.05) is 53.7 Å². The van der Waals surface area contributed by atoms with Crippen molar-refractivity contribution in [1.29, 1.82) is 0 Å². The Hall–Kier alpha value is -0.380. The molecule has 0 unspecified atom stereocenters. The molecule has 5 rings (SSSR count). The lowest BCUT2D eigenvalue weighted by Crippen LogP contribution is -2.73. The van der Waals surface area contributed by atoms with E-state index in [0.717, 1.165) is 38.5 Å². The van der Waals surface area contributed by atoms with Crippen molar-refractivity contribution in [1.82, 2.24) is 0 Å². The van der Waals surface area contributed by atoms with Gasteiger partial charge in [0.05, 0.1) is 18.3 Å². The third-order valence-electron chi connectivity index (χ3n) is 13.6. The zero-order valence-corrected chi connectivity index (χ0v) is 22.3. The minimum absolute atomic E-state index is 0.0919. The largest absolute Gasteiger partial charge is 0.393 e. The van der Waals surface area contributed by atoms with Crippen molar-refractivity contribution < 1.29 is 15.3 Å². The van der Waals surface area contributed by atoms with E-state index in [1.165, 1.54) is 18.4 Å². The molecular formula is C30H50O3. The van der Waals surface area contributed by atoms with Crippen molar-refractivity contribution in [3.05, 3.63) is 12.2 Å². The molecule has 5 saturated carbocycles. The Kier molecular flexibility index (Phi) is 5.23. The van der Waals surface area contributed by atoms with Gasteiger partial charge in [-0.3, -0.25) is 0 Å². The van der Waals surface area contributed by atoms with E-state index < -0.39 is 6.10 Å². The van der Waals surface area contributed by atoms with E-state index in [4.69, 9.17) is 0 Å². The molecule has 5 fully saturated rings. The number of hydrogen-bond acceptors (Lipinski definition) is 3. The highest BCUT2D eigenvalue weighted by atomic mass is 16.3. The van der Waals surface area contributed by atoms with Gasteiger partial charge in [0, 0.05) is 10.8 Å². The van der Waals surface area contributed by atoms with Gasteiger partial charge in [-0.15, -0.1) is 0 Å². The highest BCUT2D eigenvalue weighted by Crippen LogP contribution is 2.77. The van der Waals surface area contributed by atoms with Crippen LogP contribution in [-0.2, 0) is 0 Å². The zero-order valence-electron chi connectivity index (χ0n) is 22.3. The molecule has 5 aliphatic carbocycles.